The molecule has 0 aromatic carbocycles. The highest BCUT2D eigenvalue weighted by molar-refractivity contribution is 6.01. The van der Waals surface area contributed by atoms with Gasteiger partial charge < -0.3 is 116 Å². The fourth-order valence-corrected chi connectivity index (χ4v) is 7.42. The van der Waals surface area contributed by atoms with Crippen molar-refractivity contribution in [2.45, 2.75) is 137 Å². The van der Waals surface area contributed by atoms with Crippen molar-refractivity contribution in [2.75, 3.05) is 72.4 Å². The van der Waals surface area contributed by atoms with Gasteiger partial charge in [0.15, 0.2) is 25.0 Å². The van der Waals surface area contributed by atoms with Crippen molar-refractivity contribution < 1.29 is 128 Å². The first-order valence-corrected chi connectivity index (χ1v) is 22.9. The van der Waals surface area contributed by atoms with Crippen molar-refractivity contribution in [1.82, 2.24) is 31.2 Å². The van der Waals surface area contributed by atoms with Gasteiger partial charge in [0.1, 0.15) is 73.2 Å². The average molecular weight is 1050 g/mol. The molecule has 32 heteroatoms. The van der Waals surface area contributed by atoms with Crippen LogP contribution in [0.4, 0.5) is 0 Å². The van der Waals surface area contributed by atoms with E-state index in [0.29, 0.717) is 5.06 Å². The molecule has 4 fully saturated rings. The highest BCUT2D eigenvalue weighted by atomic mass is 16.7. The SMILES string of the molecule is O=C(CN(CC(=O)NCCO[C@H]1O[C@H](CO)[C@@H](O)[C@H](O)[C@@H]1O)C(NC(=O)CCCCC(=O)ON1C(=O)CCC1=O)C(=O)NCCO[C@H]1O[C@H](CO)[C@@H](O)[C@H](O)[C@@H]1O)NCCO[C@H]1O[C@H](CO)[C@@H](O)[C@H](O)[C@@H]1O. The Kier molecular flexibility index (Phi) is 24.8. The molecule has 72 heavy (non-hydrogen) atoms. The monoisotopic (exact) mass is 1050 g/mol. The third kappa shape index (κ3) is 17.1. The van der Waals surface area contributed by atoms with Crippen molar-refractivity contribution in [1.29, 1.82) is 0 Å². The van der Waals surface area contributed by atoms with E-state index in [0.717, 1.165) is 4.90 Å². The summed E-state index contributed by atoms with van der Waals surface area (Å²) >= 11 is 0. The van der Waals surface area contributed by atoms with E-state index in [2.05, 4.69) is 21.3 Å². The Labute approximate surface area is 409 Å². The minimum atomic E-state index is -1.88. The molecule has 0 aromatic rings. The Morgan fingerprint density at radius 3 is 1.31 bits per heavy atom. The van der Waals surface area contributed by atoms with Crippen LogP contribution in [0.5, 0.6) is 0 Å². The zero-order valence-corrected chi connectivity index (χ0v) is 38.7. The van der Waals surface area contributed by atoms with Crippen LogP contribution in [0.15, 0.2) is 0 Å². The van der Waals surface area contributed by atoms with Crippen LogP contribution in [0.1, 0.15) is 38.5 Å². The normalized spacial score (nSPS) is 32.3. The molecule has 0 aliphatic carbocycles. The number of unbranched alkanes of at least 4 members (excludes halogenated alkanes) is 1. The number of nitrogens with one attached hydrogen (secondary N) is 4. The summed E-state index contributed by atoms with van der Waals surface area (Å²) < 4.78 is 32.0. The van der Waals surface area contributed by atoms with Gasteiger partial charge >= 0.3 is 5.97 Å². The number of rotatable bonds is 28. The predicted octanol–water partition coefficient (Wildman–Crippen LogP) is -11.3. The van der Waals surface area contributed by atoms with Gasteiger partial charge in [-0.2, -0.15) is 0 Å². The number of nitrogens with zero attached hydrogens (tertiary/aromatic N) is 2. The summed E-state index contributed by atoms with van der Waals surface area (Å²) in [5.41, 5.74) is 0. The highest BCUT2D eigenvalue weighted by Crippen LogP contribution is 2.24. The smallest absolute Gasteiger partial charge is 0.333 e. The summed E-state index contributed by atoms with van der Waals surface area (Å²) in [5, 5.41) is 130. The van der Waals surface area contributed by atoms with Crippen LogP contribution in [0.3, 0.4) is 0 Å². The van der Waals surface area contributed by atoms with E-state index >= 15 is 0 Å². The molecule has 0 saturated carbocycles. The second kappa shape index (κ2) is 29.6. The summed E-state index contributed by atoms with van der Waals surface area (Å²) in [7, 11) is 0. The Morgan fingerprint density at radius 1 is 0.542 bits per heavy atom. The molecule has 6 amide bonds. The number of aliphatic hydroxyl groups excluding tert-OH is 12. The number of ether oxygens (including phenoxy) is 6. The molecule has 4 rings (SSSR count). The largest absolute Gasteiger partial charge is 0.394 e. The Balaban J connectivity index is 1.45. The number of imide groups is 1. The van der Waals surface area contributed by atoms with E-state index in [1.165, 1.54) is 0 Å². The van der Waals surface area contributed by atoms with E-state index < -0.39 is 199 Å². The van der Waals surface area contributed by atoms with Crippen molar-refractivity contribution in [3.05, 3.63) is 0 Å². The van der Waals surface area contributed by atoms with E-state index in [4.69, 9.17) is 33.3 Å². The molecule has 0 bridgehead atoms. The van der Waals surface area contributed by atoms with Gasteiger partial charge in [0.2, 0.25) is 17.7 Å². The summed E-state index contributed by atoms with van der Waals surface area (Å²) in [6, 6.07) is 0. The maximum atomic E-state index is 13.9. The van der Waals surface area contributed by atoms with E-state index in [1.54, 1.807) is 0 Å². The molecular formula is C40H66N6O26. The van der Waals surface area contributed by atoms with Crippen molar-refractivity contribution in [3.63, 3.8) is 0 Å². The first-order chi connectivity index (χ1) is 34.2. The summed E-state index contributed by atoms with van der Waals surface area (Å²) in [6.07, 6.45) is -27.2. The molecule has 16 atom stereocenters. The van der Waals surface area contributed by atoms with Crippen LogP contribution >= 0.6 is 0 Å². The fourth-order valence-electron chi connectivity index (χ4n) is 7.42. The van der Waals surface area contributed by atoms with Gasteiger partial charge in [-0.05, 0) is 12.8 Å². The third-order valence-electron chi connectivity index (χ3n) is 11.5. The standard InChI is InChI=1S/C40H66N6O26/c47-15-18-27(56)30(59)33(62)38(69-18)66-10-7-41-22(51)13-45(14-23(52)42-8-11-67-39-34(63)31(60)28(57)19(16-48)70-39)36(37(65)43-9-12-68-40-35(64)32(61)29(58)20(17-49)71-40)44-21(50)3-1-2-4-26(55)72-46-24(53)5-6-25(46)54/h18-20,27-36,38-40,47-49,56-64H,1-17H2,(H,41,51)(H,42,52)(H,43,65)(H,44,50)/t18-,19-,20-,27-,28-,29-,30+,31+,32+,33+,34+,35+,36?,38+,39+,40+/m1/s1. The van der Waals surface area contributed by atoms with Gasteiger partial charge in [-0.15, -0.1) is 5.06 Å². The number of hydrogen-bond acceptors (Lipinski definition) is 27. The summed E-state index contributed by atoms with van der Waals surface area (Å²) in [5.74, 6) is -6.09. The molecule has 0 radical (unpaired) electrons. The zero-order valence-electron chi connectivity index (χ0n) is 38.7. The first-order valence-electron chi connectivity index (χ1n) is 22.9. The maximum absolute atomic E-state index is 13.9. The molecule has 412 valence electrons. The zero-order chi connectivity index (χ0) is 53.2. The minimum Gasteiger partial charge on any atom is -0.394 e. The van der Waals surface area contributed by atoms with Gasteiger partial charge in [0, 0.05) is 45.3 Å². The van der Waals surface area contributed by atoms with Gasteiger partial charge in [-0.25, -0.2) is 4.79 Å². The molecule has 1 unspecified atom stereocenters. The number of carbonyl (C=O) groups is 7. The number of hydroxylamine groups is 2. The predicted molar refractivity (Wildman–Crippen MR) is 227 cm³/mol. The lowest BCUT2D eigenvalue weighted by Crippen LogP contribution is -2.61. The molecule has 4 saturated heterocycles. The van der Waals surface area contributed by atoms with E-state index in [1.807, 2.05) is 0 Å². The summed E-state index contributed by atoms with van der Waals surface area (Å²) in [4.78, 5) is 95.9. The topological polar surface area (TPSA) is 481 Å². The number of aliphatic hydroxyl groups is 12. The van der Waals surface area contributed by atoms with Gasteiger partial charge in [-0.1, -0.05) is 0 Å². The third-order valence-corrected chi connectivity index (χ3v) is 11.5. The number of hydrogen-bond donors (Lipinski definition) is 16. The lowest BCUT2D eigenvalue weighted by molar-refractivity contribution is -0.300. The van der Waals surface area contributed by atoms with Crippen molar-refractivity contribution in [3.8, 4) is 0 Å². The lowest BCUT2D eigenvalue weighted by Gasteiger charge is -2.39. The van der Waals surface area contributed by atoms with Crippen molar-refractivity contribution >= 4 is 41.4 Å². The van der Waals surface area contributed by atoms with Gasteiger partial charge in [0.05, 0.1) is 52.7 Å². The Morgan fingerprint density at radius 2 is 0.917 bits per heavy atom. The molecule has 4 aliphatic rings. The molecular weight excluding hydrogens is 980 g/mol. The second-order valence-electron chi connectivity index (χ2n) is 16.8. The number of amides is 6. The molecule has 0 aromatic heterocycles. The minimum absolute atomic E-state index is 0.0143. The van der Waals surface area contributed by atoms with Gasteiger partial charge in [-0.3, -0.25) is 33.7 Å². The molecule has 16 N–H and O–H groups in total. The highest BCUT2D eigenvalue weighted by Gasteiger charge is 2.46. The van der Waals surface area contributed by atoms with Gasteiger partial charge in [0.25, 0.3) is 17.7 Å². The molecule has 4 heterocycles. The van der Waals surface area contributed by atoms with Crippen LogP contribution in [-0.2, 0) is 66.8 Å². The van der Waals surface area contributed by atoms with Crippen LogP contribution in [-0.4, -0.2) is 283 Å². The maximum Gasteiger partial charge on any atom is 0.333 e. The first kappa shape index (κ1) is 60.3. The van der Waals surface area contributed by atoms with Crippen LogP contribution in [0.25, 0.3) is 0 Å². The average Bonchev–Trinajstić information content (AvgIpc) is 3.67. The Hall–Kier alpha value is -4.27. The van der Waals surface area contributed by atoms with E-state index in [9.17, 15) is 94.8 Å². The Bertz CT molecular complexity index is 1710. The molecule has 0 spiro atoms. The van der Waals surface area contributed by atoms with Crippen molar-refractivity contribution in [2.24, 2.45) is 0 Å². The lowest BCUT2D eigenvalue weighted by atomic mass is 9.99. The van der Waals surface area contributed by atoms with Crippen LogP contribution in [0, 0.1) is 0 Å². The number of carbonyl (C=O) groups excluding carboxylic acids is 7. The molecule has 32 nitrogen and oxygen atoms in total. The summed E-state index contributed by atoms with van der Waals surface area (Å²) in [6.45, 7) is -6.32. The molecule has 4 aliphatic heterocycles. The quantitative estimate of drug-likeness (QED) is 0.0197. The van der Waals surface area contributed by atoms with Crippen LogP contribution in [0.2, 0.25) is 0 Å². The fraction of sp³-hybridized carbons (Fsp3) is 0.825. The van der Waals surface area contributed by atoms with E-state index in [-0.39, 0.29) is 51.6 Å². The van der Waals surface area contributed by atoms with Crippen LogP contribution < -0.4 is 21.3 Å². The second-order valence-corrected chi connectivity index (χ2v) is 16.8.